The molecule has 1 aliphatic carbocycles. The van der Waals surface area contributed by atoms with E-state index in [1.807, 2.05) is 0 Å². The molecule has 1 heterocycles. The minimum atomic E-state index is -4.55. The summed E-state index contributed by atoms with van der Waals surface area (Å²) in [5.74, 6) is -0.453. The molecular weight excluding hydrogens is 507 g/mol. The molecule has 1 fully saturated rings. The molecule has 1 aliphatic rings. The predicted octanol–water partition coefficient (Wildman–Crippen LogP) is 4.39. The number of halogens is 3. The summed E-state index contributed by atoms with van der Waals surface area (Å²) in [5, 5.41) is 3.06. The van der Waals surface area contributed by atoms with Gasteiger partial charge in [-0.2, -0.15) is 13.2 Å². The number of nitrogens with two attached hydrogens (primary N) is 1. The lowest BCUT2D eigenvalue weighted by molar-refractivity contribution is -0.138. The highest BCUT2D eigenvalue weighted by Gasteiger charge is 2.33. The van der Waals surface area contributed by atoms with E-state index in [1.54, 1.807) is 22.8 Å². The minimum absolute atomic E-state index is 0.0314. The third-order valence-electron chi connectivity index (χ3n) is 6.00. The molecule has 37 heavy (non-hydrogen) atoms. The molecule has 0 aliphatic heterocycles. The van der Waals surface area contributed by atoms with E-state index in [1.165, 1.54) is 42.5 Å². The van der Waals surface area contributed by atoms with Gasteiger partial charge in [-0.3, -0.25) is 4.79 Å². The summed E-state index contributed by atoms with van der Waals surface area (Å²) in [5.41, 5.74) is 6.16. The van der Waals surface area contributed by atoms with Gasteiger partial charge in [-0.1, -0.05) is 18.2 Å². The number of carbonyl (C=O) groups excluding carboxylic acids is 1. The Kier molecular flexibility index (Phi) is 6.16. The van der Waals surface area contributed by atoms with Gasteiger partial charge in [0.1, 0.15) is 0 Å². The standard InChI is InChI=1S/C25H22F3N5O3S/c26-25(27,28)20-4-2-1-3-16(20)14-33-22-12-5-15(23(29)34)13-21(22)31-24(33)30-17-8-10-19(11-9-17)37(35,36)32-18-6-7-18/h1-5,8-13,18,32H,6-7,14H2,(H2,29,34)(H,30,31). The van der Waals surface area contributed by atoms with Gasteiger partial charge in [-0.05, 0) is 66.9 Å². The van der Waals surface area contributed by atoms with E-state index in [4.69, 9.17) is 5.73 Å². The van der Waals surface area contributed by atoms with E-state index < -0.39 is 27.7 Å². The van der Waals surface area contributed by atoms with Crippen LogP contribution in [0.3, 0.4) is 0 Å². The number of nitrogens with zero attached hydrogens (tertiary/aromatic N) is 2. The van der Waals surface area contributed by atoms with Crippen LogP contribution >= 0.6 is 0 Å². The second-order valence-electron chi connectivity index (χ2n) is 8.79. The molecule has 3 aromatic carbocycles. The summed E-state index contributed by atoms with van der Waals surface area (Å²) in [6.45, 7) is -0.164. The second kappa shape index (κ2) is 9.20. The highest BCUT2D eigenvalue weighted by molar-refractivity contribution is 7.89. The van der Waals surface area contributed by atoms with Gasteiger partial charge in [-0.15, -0.1) is 0 Å². The van der Waals surface area contributed by atoms with Crippen LogP contribution in [0.15, 0.2) is 71.6 Å². The Morgan fingerprint density at radius 2 is 1.76 bits per heavy atom. The molecule has 192 valence electrons. The van der Waals surface area contributed by atoms with Crippen LogP contribution in [0.2, 0.25) is 0 Å². The number of imidazole rings is 1. The van der Waals surface area contributed by atoms with Crippen molar-refractivity contribution in [2.24, 2.45) is 5.73 Å². The van der Waals surface area contributed by atoms with Gasteiger partial charge in [-0.25, -0.2) is 18.1 Å². The van der Waals surface area contributed by atoms with E-state index >= 15 is 0 Å². The van der Waals surface area contributed by atoms with Crippen molar-refractivity contribution >= 4 is 38.6 Å². The zero-order valence-electron chi connectivity index (χ0n) is 19.3. The number of carbonyl (C=O) groups is 1. The number of anilines is 2. The summed E-state index contributed by atoms with van der Waals surface area (Å²) in [6.07, 6.45) is -2.93. The van der Waals surface area contributed by atoms with Crippen molar-refractivity contribution in [3.63, 3.8) is 0 Å². The molecule has 4 aromatic rings. The van der Waals surface area contributed by atoms with E-state index in [2.05, 4.69) is 15.0 Å². The van der Waals surface area contributed by atoms with Crippen molar-refractivity contribution in [1.29, 1.82) is 0 Å². The second-order valence-corrected chi connectivity index (χ2v) is 10.5. The zero-order valence-corrected chi connectivity index (χ0v) is 20.1. The van der Waals surface area contributed by atoms with Crippen LogP contribution in [0.4, 0.5) is 24.8 Å². The van der Waals surface area contributed by atoms with Crippen molar-refractivity contribution in [1.82, 2.24) is 14.3 Å². The van der Waals surface area contributed by atoms with Crippen LogP contribution in [0.25, 0.3) is 11.0 Å². The Labute approximate surface area is 210 Å². The maximum Gasteiger partial charge on any atom is 0.416 e. The first-order valence-corrected chi connectivity index (χ1v) is 12.8. The first-order valence-electron chi connectivity index (χ1n) is 11.4. The normalized spacial score (nSPS) is 14.1. The number of alkyl halides is 3. The Balaban J connectivity index is 1.53. The lowest BCUT2D eigenvalue weighted by Gasteiger charge is -2.16. The maximum absolute atomic E-state index is 13.7. The summed E-state index contributed by atoms with van der Waals surface area (Å²) < 4.78 is 70.0. The third kappa shape index (κ3) is 5.30. The quantitative estimate of drug-likeness (QED) is 0.313. The van der Waals surface area contributed by atoms with Crippen molar-refractivity contribution < 1.29 is 26.4 Å². The molecule has 0 spiro atoms. The number of primary amides is 1. The average molecular weight is 530 g/mol. The number of rotatable bonds is 8. The third-order valence-corrected chi connectivity index (χ3v) is 7.54. The smallest absolute Gasteiger partial charge is 0.366 e. The maximum atomic E-state index is 13.7. The van der Waals surface area contributed by atoms with Crippen LogP contribution < -0.4 is 15.8 Å². The fourth-order valence-corrected chi connectivity index (χ4v) is 5.28. The van der Waals surface area contributed by atoms with Gasteiger partial charge in [0.25, 0.3) is 0 Å². The molecule has 4 N–H and O–H groups in total. The molecule has 0 radical (unpaired) electrons. The molecule has 8 nitrogen and oxygen atoms in total. The number of hydrogen-bond acceptors (Lipinski definition) is 5. The number of fused-ring (bicyclic) bond motifs is 1. The SMILES string of the molecule is NC(=O)c1ccc2c(c1)nc(Nc1ccc(S(=O)(=O)NC3CC3)cc1)n2Cc1ccccc1C(F)(F)F. The molecule has 12 heteroatoms. The highest BCUT2D eigenvalue weighted by Crippen LogP contribution is 2.34. The first-order chi connectivity index (χ1) is 17.5. The highest BCUT2D eigenvalue weighted by atomic mass is 32.2. The summed E-state index contributed by atoms with van der Waals surface area (Å²) in [6, 6.07) is 15.7. The molecule has 0 bridgehead atoms. The Bertz CT molecular complexity index is 1590. The first kappa shape index (κ1) is 24.8. The topological polar surface area (TPSA) is 119 Å². The van der Waals surface area contributed by atoms with Crippen LogP contribution in [0, 0.1) is 0 Å². The van der Waals surface area contributed by atoms with Crippen molar-refractivity contribution in [3.8, 4) is 0 Å². The van der Waals surface area contributed by atoms with Crippen molar-refractivity contribution in [2.45, 2.75) is 36.5 Å². The van der Waals surface area contributed by atoms with Crippen LogP contribution in [0.1, 0.15) is 34.3 Å². The van der Waals surface area contributed by atoms with Gasteiger partial charge in [0.2, 0.25) is 21.9 Å². The molecule has 0 saturated heterocycles. The molecule has 1 aromatic heterocycles. The summed E-state index contributed by atoms with van der Waals surface area (Å²) >= 11 is 0. The number of hydrogen-bond donors (Lipinski definition) is 3. The monoisotopic (exact) mass is 529 g/mol. The van der Waals surface area contributed by atoms with Crippen LogP contribution in [-0.2, 0) is 22.7 Å². The molecule has 1 saturated carbocycles. The van der Waals surface area contributed by atoms with Crippen LogP contribution in [0.5, 0.6) is 0 Å². The number of nitrogens with one attached hydrogen (secondary N) is 2. The summed E-state index contributed by atoms with van der Waals surface area (Å²) in [7, 11) is -3.64. The van der Waals surface area contributed by atoms with E-state index in [-0.39, 0.29) is 34.6 Å². The van der Waals surface area contributed by atoms with Crippen molar-refractivity contribution in [3.05, 3.63) is 83.4 Å². The molecule has 0 unspecified atom stereocenters. The van der Waals surface area contributed by atoms with Gasteiger partial charge >= 0.3 is 6.18 Å². The zero-order chi connectivity index (χ0) is 26.4. The average Bonchev–Trinajstić information content (AvgIpc) is 3.59. The summed E-state index contributed by atoms with van der Waals surface area (Å²) in [4.78, 5) is 16.2. The molecule has 1 amide bonds. The van der Waals surface area contributed by atoms with Gasteiger partial charge in [0, 0.05) is 17.3 Å². The Morgan fingerprint density at radius 3 is 2.41 bits per heavy atom. The number of sulfonamides is 1. The van der Waals surface area contributed by atoms with Gasteiger partial charge in [0.05, 0.1) is 28.0 Å². The van der Waals surface area contributed by atoms with Crippen molar-refractivity contribution in [2.75, 3.05) is 5.32 Å². The van der Waals surface area contributed by atoms with E-state index in [9.17, 15) is 26.4 Å². The number of amides is 1. The number of aromatic nitrogens is 2. The van der Waals surface area contributed by atoms with Gasteiger partial charge in [0.15, 0.2) is 0 Å². The largest absolute Gasteiger partial charge is 0.416 e. The fraction of sp³-hybridized carbons (Fsp3) is 0.200. The Hall–Kier alpha value is -3.90. The fourth-order valence-electron chi connectivity index (χ4n) is 3.98. The molecule has 5 rings (SSSR count). The molecular formula is C25H22F3N5O3S. The van der Waals surface area contributed by atoms with Crippen LogP contribution in [-0.4, -0.2) is 29.9 Å². The van der Waals surface area contributed by atoms with E-state index in [0.29, 0.717) is 16.7 Å². The number of benzene rings is 3. The minimum Gasteiger partial charge on any atom is -0.366 e. The Morgan fingerprint density at radius 1 is 1.05 bits per heavy atom. The lowest BCUT2D eigenvalue weighted by atomic mass is 10.1. The van der Waals surface area contributed by atoms with E-state index in [0.717, 1.165) is 18.9 Å². The molecule has 0 atom stereocenters. The lowest BCUT2D eigenvalue weighted by Crippen LogP contribution is -2.25. The predicted molar refractivity (Wildman–Crippen MR) is 132 cm³/mol. The van der Waals surface area contributed by atoms with Gasteiger partial charge < -0.3 is 15.6 Å².